The first-order valence-corrected chi connectivity index (χ1v) is 11.3. The zero-order valence-corrected chi connectivity index (χ0v) is 19.8. The lowest BCUT2D eigenvalue weighted by atomic mass is 10.1. The quantitative estimate of drug-likeness (QED) is 0.581. The smallest absolute Gasteiger partial charge is 0.252 e. The van der Waals surface area contributed by atoms with Crippen molar-refractivity contribution in [2.75, 3.05) is 26.4 Å². The van der Waals surface area contributed by atoms with Crippen LogP contribution in [0, 0.1) is 0 Å². The summed E-state index contributed by atoms with van der Waals surface area (Å²) < 4.78 is 0. The number of rotatable bonds is 7. The molecule has 166 valence electrons. The van der Waals surface area contributed by atoms with Gasteiger partial charge in [-0.1, -0.05) is 58.6 Å². The SMILES string of the molecule is C=C1/C=C\C=C/CN=C([C@H](O)[C@@H](O)C(=O)NCC/C(=C/C)SC)N1C.CC.CC. The first-order chi connectivity index (χ1) is 13.9. The summed E-state index contributed by atoms with van der Waals surface area (Å²) in [6.45, 7) is 14.6. The molecule has 0 saturated heterocycles. The summed E-state index contributed by atoms with van der Waals surface area (Å²) in [6, 6.07) is 0. The van der Waals surface area contributed by atoms with E-state index in [9.17, 15) is 15.0 Å². The molecule has 0 unspecified atom stereocenters. The van der Waals surface area contributed by atoms with Gasteiger partial charge < -0.3 is 20.4 Å². The van der Waals surface area contributed by atoms with Crippen LogP contribution in [0.4, 0.5) is 0 Å². The van der Waals surface area contributed by atoms with E-state index >= 15 is 0 Å². The number of carbonyl (C=O) groups is 1. The number of nitrogens with one attached hydrogen (secondary N) is 1. The third-order valence-electron chi connectivity index (χ3n) is 3.76. The molecule has 0 spiro atoms. The van der Waals surface area contributed by atoms with Gasteiger partial charge in [0.15, 0.2) is 6.10 Å². The number of amidine groups is 1. The summed E-state index contributed by atoms with van der Waals surface area (Å²) >= 11 is 1.62. The van der Waals surface area contributed by atoms with Crippen molar-refractivity contribution in [2.24, 2.45) is 4.99 Å². The minimum absolute atomic E-state index is 0.196. The normalized spacial score (nSPS) is 18.2. The summed E-state index contributed by atoms with van der Waals surface area (Å²) in [5.41, 5.74) is 0.592. The number of aliphatic hydroxyl groups excluding tert-OH is 2. The average Bonchev–Trinajstić information content (AvgIpc) is 2.84. The second kappa shape index (κ2) is 18.2. The van der Waals surface area contributed by atoms with Crippen LogP contribution in [0.1, 0.15) is 41.0 Å². The summed E-state index contributed by atoms with van der Waals surface area (Å²) in [5.74, 6) is -0.432. The van der Waals surface area contributed by atoms with Crippen molar-refractivity contribution >= 4 is 23.5 Å². The largest absolute Gasteiger partial charge is 0.382 e. The van der Waals surface area contributed by atoms with Crippen LogP contribution in [0.15, 0.2) is 52.6 Å². The van der Waals surface area contributed by atoms with Crippen LogP contribution in [0.25, 0.3) is 0 Å². The Morgan fingerprint density at radius 2 is 1.97 bits per heavy atom. The highest BCUT2D eigenvalue weighted by atomic mass is 32.2. The van der Waals surface area contributed by atoms with Gasteiger partial charge in [-0.25, -0.2) is 0 Å². The molecule has 0 aromatic heterocycles. The van der Waals surface area contributed by atoms with Crippen molar-refractivity contribution in [3.63, 3.8) is 0 Å². The molecule has 3 N–H and O–H groups in total. The van der Waals surface area contributed by atoms with Gasteiger partial charge in [-0.05, 0) is 30.6 Å². The van der Waals surface area contributed by atoms with Crippen molar-refractivity contribution in [3.05, 3.63) is 47.6 Å². The predicted octanol–water partition coefficient (Wildman–Crippen LogP) is 3.50. The van der Waals surface area contributed by atoms with Crippen molar-refractivity contribution in [1.29, 1.82) is 0 Å². The number of hydrogen-bond acceptors (Lipinski definition) is 6. The van der Waals surface area contributed by atoms with Gasteiger partial charge in [-0.2, -0.15) is 0 Å². The summed E-state index contributed by atoms with van der Waals surface area (Å²) in [6.07, 6.45) is 8.80. The lowest BCUT2D eigenvalue weighted by Gasteiger charge is -2.27. The molecule has 2 atom stereocenters. The van der Waals surface area contributed by atoms with Gasteiger partial charge in [0, 0.05) is 19.3 Å². The fraction of sp³-hybridized carbons (Fsp3) is 0.545. The second-order valence-electron chi connectivity index (χ2n) is 5.43. The van der Waals surface area contributed by atoms with Gasteiger partial charge in [0.2, 0.25) is 0 Å². The Balaban J connectivity index is 0. The highest BCUT2D eigenvalue weighted by Crippen LogP contribution is 2.14. The second-order valence-corrected chi connectivity index (χ2v) is 6.36. The Morgan fingerprint density at radius 3 is 2.52 bits per heavy atom. The van der Waals surface area contributed by atoms with Gasteiger partial charge in [-0.3, -0.25) is 9.79 Å². The maximum absolute atomic E-state index is 12.1. The highest BCUT2D eigenvalue weighted by molar-refractivity contribution is 8.02. The topological polar surface area (TPSA) is 85.2 Å². The molecular formula is C22H39N3O3S. The van der Waals surface area contributed by atoms with E-state index in [1.807, 2.05) is 65.2 Å². The average molecular weight is 426 g/mol. The predicted molar refractivity (Wildman–Crippen MR) is 127 cm³/mol. The molecule has 1 rings (SSSR count). The van der Waals surface area contributed by atoms with Crippen LogP contribution < -0.4 is 5.32 Å². The Kier molecular flexibility index (Phi) is 18.4. The van der Waals surface area contributed by atoms with Gasteiger partial charge in [0.25, 0.3) is 5.91 Å². The molecule has 0 aromatic rings. The first-order valence-electron chi connectivity index (χ1n) is 10.1. The molecule has 0 aromatic carbocycles. The van der Waals surface area contributed by atoms with Crippen LogP contribution in [0.3, 0.4) is 0 Å². The van der Waals surface area contributed by atoms with E-state index in [-0.39, 0.29) is 5.84 Å². The van der Waals surface area contributed by atoms with Crippen LogP contribution in [0.2, 0.25) is 0 Å². The van der Waals surface area contributed by atoms with Crippen molar-refractivity contribution in [1.82, 2.24) is 10.2 Å². The Hall–Kier alpha value is -1.83. The summed E-state index contributed by atoms with van der Waals surface area (Å²) in [4.78, 5) is 19.1. The Labute approximate surface area is 181 Å². The molecule has 0 radical (unpaired) electrons. The van der Waals surface area contributed by atoms with E-state index < -0.39 is 18.1 Å². The van der Waals surface area contributed by atoms with Crippen molar-refractivity contribution in [3.8, 4) is 0 Å². The summed E-state index contributed by atoms with van der Waals surface area (Å²) in [5, 5.41) is 23.3. The van der Waals surface area contributed by atoms with Gasteiger partial charge in [0.05, 0.1) is 6.54 Å². The van der Waals surface area contributed by atoms with E-state index in [0.717, 1.165) is 4.91 Å². The third kappa shape index (κ3) is 11.1. The van der Waals surface area contributed by atoms with E-state index in [0.29, 0.717) is 25.2 Å². The number of allylic oxidation sites excluding steroid dienone is 4. The van der Waals surface area contributed by atoms with E-state index in [4.69, 9.17) is 0 Å². The van der Waals surface area contributed by atoms with E-state index in [2.05, 4.69) is 16.9 Å². The molecule has 7 heteroatoms. The van der Waals surface area contributed by atoms with Crippen LogP contribution in [-0.4, -0.2) is 65.5 Å². The lowest BCUT2D eigenvalue weighted by molar-refractivity contribution is -0.132. The van der Waals surface area contributed by atoms with Gasteiger partial charge in [-0.15, -0.1) is 11.8 Å². The van der Waals surface area contributed by atoms with Crippen molar-refractivity contribution < 1.29 is 15.0 Å². The molecule has 0 aliphatic carbocycles. The van der Waals surface area contributed by atoms with E-state index in [1.54, 1.807) is 29.8 Å². The van der Waals surface area contributed by atoms with E-state index in [1.165, 1.54) is 0 Å². The minimum Gasteiger partial charge on any atom is -0.382 e. The fourth-order valence-electron chi connectivity index (χ4n) is 2.17. The lowest BCUT2D eigenvalue weighted by Crippen LogP contribution is -2.49. The molecule has 1 aliphatic rings. The monoisotopic (exact) mass is 425 g/mol. The molecule has 29 heavy (non-hydrogen) atoms. The Morgan fingerprint density at radius 1 is 1.34 bits per heavy atom. The number of amides is 1. The zero-order valence-electron chi connectivity index (χ0n) is 19.0. The Bertz CT molecular complexity index is 598. The minimum atomic E-state index is -1.61. The molecule has 1 aliphatic heterocycles. The number of thioether (sulfide) groups is 1. The van der Waals surface area contributed by atoms with Gasteiger partial charge in [0.1, 0.15) is 11.9 Å². The molecule has 1 heterocycles. The first kappa shape index (κ1) is 29.4. The maximum atomic E-state index is 12.1. The number of aliphatic hydroxyl groups is 2. The zero-order chi connectivity index (χ0) is 22.8. The molecule has 1 amide bonds. The van der Waals surface area contributed by atoms with Crippen LogP contribution >= 0.6 is 11.8 Å². The molecule has 6 nitrogen and oxygen atoms in total. The molecular weight excluding hydrogens is 386 g/mol. The number of likely N-dealkylation sites (N-methyl/N-ethyl adjacent to an activating group) is 1. The molecule has 0 saturated carbocycles. The fourth-order valence-corrected chi connectivity index (χ4v) is 2.71. The van der Waals surface area contributed by atoms with Gasteiger partial charge >= 0.3 is 0 Å². The standard InChI is InChI=1S/C18H27N3O3S.2C2H6/c1-5-14(25-4)10-12-20-18(24)16(23)15(22)17-19-11-8-6-7-9-13(2)21(17)3;2*1-2/h5-9,15-16,22-23H,2,10-12H2,1,3-4H3,(H,20,24);2*1-2H3/b8-6-,9-7-,14-5-,19-17?;;/t15-,16-;;/m1../s1. The maximum Gasteiger partial charge on any atom is 0.252 e. The number of carbonyl (C=O) groups excluding carboxylic acids is 1. The van der Waals surface area contributed by atoms with Crippen LogP contribution in [-0.2, 0) is 4.79 Å². The highest BCUT2D eigenvalue weighted by Gasteiger charge is 2.30. The number of aliphatic imine (C=N–C) groups is 1. The summed E-state index contributed by atoms with van der Waals surface area (Å²) in [7, 11) is 1.68. The number of nitrogens with zero attached hydrogens (tertiary/aromatic N) is 2. The van der Waals surface area contributed by atoms with Crippen LogP contribution in [0.5, 0.6) is 0 Å². The third-order valence-corrected chi connectivity index (χ3v) is 4.72. The number of hydrogen-bond donors (Lipinski definition) is 3. The van der Waals surface area contributed by atoms with Crippen molar-refractivity contribution in [2.45, 2.75) is 53.2 Å². The molecule has 0 bridgehead atoms. The molecule has 0 fully saturated rings.